The fourth-order valence-corrected chi connectivity index (χ4v) is 3.40. The van der Waals surface area contributed by atoms with Gasteiger partial charge in [0.1, 0.15) is 0 Å². The SMILES string of the molecule is Cc1cccc(CNc2nncc(N3c4ccccc4CC3C)n2)c1. The summed E-state index contributed by atoms with van der Waals surface area (Å²) in [7, 11) is 0. The lowest BCUT2D eigenvalue weighted by Crippen LogP contribution is -2.25. The Bertz CT molecular complexity index is 893. The second-order valence-electron chi connectivity index (χ2n) is 6.53. The summed E-state index contributed by atoms with van der Waals surface area (Å²) in [5.74, 6) is 1.38. The summed E-state index contributed by atoms with van der Waals surface area (Å²) in [5, 5.41) is 11.6. The van der Waals surface area contributed by atoms with Crippen LogP contribution in [0.3, 0.4) is 0 Å². The molecule has 1 atom stereocenters. The van der Waals surface area contributed by atoms with Crippen molar-refractivity contribution in [1.82, 2.24) is 15.2 Å². The minimum absolute atomic E-state index is 0.360. The van der Waals surface area contributed by atoms with E-state index in [0.29, 0.717) is 18.5 Å². The summed E-state index contributed by atoms with van der Waals surface area (Å²) >= 11 is 0. The predicted octanol–water partition coefficient (Wildman–Crippen LogP) is 3.87. The van der Waals surface area contributed by atoms with Gasteiger partial charge in [0.05, 0.1) is 6.20 Å². The highest BCUT2D eigenvalue weighted by molar-refractivity contribution is 5.68. The second kappa shape index (κ2) is 6.51. The Kier molecular flexibility index (Phi) is 4.06. The molecule has 0 aliphatic carbocycles. The number of nitrogens with one attached hydrogen (secondary N) is 1. The maximum atomic E-state index is 4.68. The minimum Gasteiger partial charge on any atom is -0.349 e. The van der Waals surface area contributed by atoms with Crippen LogP contribution in [-0.4, -0.2) is 21.2 Å². The molecule has 4 rings (SSSR count). The third-order valence-corrected chi connectivity index (χ3v) is 4.53. The van der Waals surface area contributed by atoms with E-state index in [1.807, 2.05) is 0 Å². The smallest absolute Gasteiger partial charge is 0.244 e. The van der Waals surface area contributed by atoms with Crippen LogP contribution in [0.2, 0.25) is 0 Å². The largest absolute Gasteiger partial charge is 0.349 e. The molecule has 2 heterocycles. The lowest BCUT2D eigenvalue weighted by molar-refractivity contribution is 0.744. The maximum Gasteiger partial charge on any atom is 0.244 e. The molecule has 1 unspecified atom stereocenters. The zero-order valence-electron chi connectivity index (χ0n) is 14.5. The topological polar surface area (TPSA) is 53.9 Å². The molecule has 1 N–H and O–H groups in total. The van der Waals surface area contributed by atoms with Crippen LogP contribution >= 0.6 is 0 Å². The first-order chi connectivity index (χ1) is 12.2. The number of para-hydroxylation sites is 1. The molecular weight excluding hydrogens is 310 g/mol. The number of hydrogen-bond acceptors (Lipinski definition) is 5. The zero-order chi connectivity index (χ0) is 17.2. The van der Waals surface area contributed by atoms with Crippen molar-refractivity contribution in [2.24, 2.45) is 0 Å². The average Bonchev–Trinajstić information content (AvgIpc) is 2.96. The summed E-state index contributed by atoms with van der Waals surface area (Å²) in [5.41, 5.74) is 5.01. The van der Waals surface area contributed by atoms with E-state index < -0.39 is 0 Å². The molecule has 3 aromatic rings. The molecule has 0 spiro atoms. The molecule has 0 saturated carbocycles. The molecule has 126 valence electrons. The summed E-state index contributed by atoms with van der Waals surface area (Å²) in [6.07, 6.45) is 2.75. The molecule has 0 amide bonds. The average molecular weight is 331 g/mol. The van der Waals surface area contributed by atoms with Crippen molar-refractivity contribution in [1.29, 1.82) is 0 Å². The number of hydrogen-bond donors (Lipinski definition) is 1. The van der Waals surface area contributed by atoms with Crippen LogP contribution in [0.15, 0.2) is 54.7 Å². The molecule has 1 aliphatic heterocycles. The molecule has 0 saturated heterocycles. The summed E-state index contributed by atoms with van der Waals surface area (Å²) in [6, 6.07) is 17.2. The van der Waals surface area contributed by atoms with Crippen LogP contribution in [0.25, 0.3) is 0 Å². The van der Waals surface area contributed by atoms with Gasteiger partial charge in [0.2, 0.25) is 5.95 Å². The van der Waals surface area contributed by atoms with Crippen molar-refractivity contribution in [2.75, 3.05) is 10.2 Å². The van der Waals surface area contributed by atoms with Gasteiger partial charge >= 0.3 is 0 Å². The Balaban J connectivity index is 1.56. The monoisotopic (exact) mass is 331 g/mol. The number of anilines is 3. The van der Waals surface area contributed by atoms with Gasteiger partial charge < -0.3 is 10.2 Å². The molecule has 0 fully saturated rings. The van der Waals surface area contributed by atoms with Crippen LogP contribution in [0, 0.1) is 6.92 Å². The highest BCUT2D eigenvalue weighted by atomic mass is 15.3. The van der Waals surface area contributed by atoms with Crippen molar-refractivity contribution in [3.05, 3.63) is 71.4 Å². The van der Waals surface area contributed by atoms with E-state index in [-0.39, 0.29) is 0 Å². The number of nitrogens with zero attached hydrogens (tertiary/aromatic N) is 4. The van der Waals surface area contributed by atoms with E-state index in [2.05, 4.69) is 87.8 Å². The molecule has 5 heteroatoms. The summed E-state index contributed by atoms with van der Waals surface area (Å²) < 4.78 is 0. The standard InChI is InChI=1S/C20H21N5/c1-14-6-5-7-16(10-14)12-21-20-23-19(13-22-24-20)25-15(2)11-17-8-3-4-9-18(17)25/h3-10,13,15H,11-12H2,1-2H3,(H,21,23,24). The van der Waals surface area contributed by atoms with E-state index in [4.69, 9.17) is 0 Å². The Hall–Kier alpha value is -2.95. The lowest BCUT2D eigenvalue weighted by atomic mass is 10.1. The minimum atomic E-state index is 0.360. The lowest BCUT2D eigenvalue weighted by Gasteiger charge is -2.23. The highest BCUT2D eigenvalue weighted by Gasteiger charge is 2.28. The number of benzene rings is 2. The molecule has 2 aromatic carbocycles. The van der Waals surface area contributed by atoms with Gasteiger partial charge in [0.25, 0.3) is 0 Å². The molecule has 25 heavy (non-hydrogen) atoms. The number of rotatable bonds is 4. The van der Waals surface area contributed by atoms with Crippen molar-refractivity contribution in [3.8, 4) is 0 Å². The van der Waals surface area contributed by atoms with E-state index in [1.54, 1.807) is 6.20 Å². The van der Waals surface area contributed by atoms with Crippen LogP contribution in [-0.2, 0) is 13.0 Å². The van der Waals surface area contributed by atoms with Crippen molar-refractivity contribution in [2.45, 2.75) is 32.9 Å². The molecule has 1 aliphatic rings. The van der Waals surface area contributed by atoms with Crippen LogP contribution in [0.1, 0.15) is 23.6 Å². The van der Waals surface area contributed by atoms with E-state index in [0.717, 1.165) is 12.2 Å². The zero-order valence-corrected chi connectivity index (χ0v) is 14.5. The van der Waals surface area contributed by atoms with Gasteiger partial charge in [-0.3, -0.25) is 0 Å². The van der Waals surface area contributed by atoms with Crippen LogP contribution in [0.4, 0.5) is 17.5 Å². The quantitative estimate of drug-likeness (QED) is 0.786. The molecule has 1 aromatic heterocycles. The van der Waals surface area contributed by atoms with Crippen molar-refractivity contribution < 1.29 is 0 Å². The number of aromatic nitrogens is 3. The Morgan fingerprint density at radius 1 is 1.16 bits per heavy atom. The van der Waals surface area contributed by atoms with Gasteiger partial charge in [-0.15, -0.1) is 5.10 Å². The Morgan fingerprint density at radius 3 is 2.92 bits per heavy atom. The fourth-order valence-electron chi connectivity index (χ4n) is 3.40. The summed E-state index contributed by atoms with van der Waals surface area (Å²) in [4.78, 5) is 6.92. The van der Waals surface area contributed by atoms with Crippen LogP contribution < -0.4 is 10.2 Å². The predicted molar refractivity (Wildman–Crippen MR) is 100 cm³/mol. The number of aryl methyl sites for hydroxylation is 1. The first-order valence-electron chi connectivity index (χ1n) is 8.57. The highest BCUT2D eigenvalue weighted by Crippen LogP contribution is 2.36. The summed E-state index contributed by atoms with van der Waals surface area (Å²) in [6.45, 7) is 4.98. The first kappa shape index (κ1) is 15.6. The van der Waals surface area contributed by atoms with E-state index in [1.165, 1.54) is 22.4 Å². The van der Waals surface area contributed by atoms with Gasteiger partial charge in [0.15, 0.2) is 5.82 Å². The van der Waals surface area contributed by atoms with Gasteiger partial charge in [0, 0.05) is 18.3 Å². The van der Waals surface area contributed by atoms with E-state index >= 15 is 0 Å². The third kappa shape index (κ3) is 3.18. The Labute approximate surface area is 147 Å². The van der Waals surface area contributed by atoms with Gasteiger partial charge in [-0.1, -0.05) is 48.0 Å². The van der Waals surface area contributed by atoms with Gasteiger partial charge in [-0.2, -0.15) is 10.1 Å². The second-order valence-corrected chi connectivity index (χ2v) is 6.53. The fraction of sp³-hybridized carbons (Fsp3) is 0.250. The van der Waals surface area contributed by atoms with Crippen LogP contribution in [0.5, 0.6) is 0 Å². The molecule has 0 bridgehead atoms. The third-order valence-electron chi connectivity index (χ3n) is 4.53. The maximum absolute atomic E-state index is 4.68. The number of fused-ring (bicyclic) bond motifs is 1. The van der Waals surface area contributed by atoms with Crippen molar-refractivity contribution in [3.63, 3.8) is 0 Å². The van der Waals surface area contributed by atoms with Gasteiger partial charge in [-0.25, -0.2) is 0 Å². The Morgan fingerprint density at radius 2 is 2.04 bits per heavy atom. The molecule has 0 radical (unpaired) electrons. The molecule has 5 nitrogen and oxygen atoms in total. The normalized spacial score (nSPS) is 15.9. The van der Waals surface area contributed by atoms with Crippen molar-refractivity contribution >= 4 is 17.5 Å². The van der Waals surface area contributed by atoms with E-state index in [9.17, 15) is 0 Å². The first-order valence-corrected chi connectivity index (χ1v) is 8.57. The van der Waals surface area contributed by atoms with Gasteiger partial charge in [-0.05, 0) is 37.5 Å². The molecular formula is C20H21N5.